The molecule has 0 bridgehead atoms. The highest BCUT2D eigenvalue weighted by Crippen LogP contribution is 2.35. The molecule has 0 saturated carbocycles. The van der Waals surface area contributed by atoms with Crippen LogP contribution >= 0.6 is 0 Å². The van der Waals surface area contributed by atoms with Gasteiger partial charge >= 0.3 is 0 Å². The van der Waals surface area contributed by atoms with Gasteiger partial charge in [0.15, 0.2) is 0 Å². The zero-order valence-electron chi connectivity index (χ0n) is 11.5. The van der Waals surface area contributed by atoms with E-state index in [2.05, 4.69) is 5.32 Å². The maximum Gasteiger partial charge on any atom is 0.137 e. The summed E-state index contributed by atoms with van der Waals surface area (Å²) >= 11 is 0. The zero-order chi connectivity index (χ0) is 13.9. The van der Waals surface area contributed by atoms with Crippen molar-refractivity contribution in [2.75, 3.05) is 13.7 Å². The number of piperidine rings is 1. The molecule has 106 valence electrons. The van der Waals surface area contributed by atoms with E-state index in [-0.39, 0.29) is 11.6 Å². The van der Waals surface area contributed by atoms with Crippen LogP contribution in [0.5, 0.6) is 5.75 Å². The van der Waals surface area contributed by atoms with Crippen LogP contribution in [0.3, 0.4) is 0 Å². The van der Waals surface area contributed by atoms with Crippen LogP contribution in [0.2, 0.25) is 0 Å². The summed E-state index contributed by atoms with van der Waals surface area (Å²) in [6, 6.07) is 4.45. The van der Waals surface area contributed by atoms with Crippen LogP contribution in [-0.4, -0.2) is 19.7 Å². The predicted octanol–water partition coefficient (Wildman–Crippen LogP) is 3.55. The first-order valence-corrected chi connectivity index (χ1v) is 6.79. The van der Waals surface area contributed by atoms with Gasteiger partial charge < -0.3 is 10.1 Å². The van der Waals surface area contributed by atoms with Crippen molar-refractivity contribution in [1.82, 2.24) is 5.32 Å². The van der Waals surface area contributed by atoms with Gasteiger partial charge in [0.05, 0.1) is 7.11 Å². The molecule has 2 unspecified atom stereocenters. The van der Waals surface area contributed by atoms with E-state index in [0.717, 1.165) is 25.8 Å². The highest BCUT2D eigenvalue weighted by atomic mass is 19.1. The SMILES string of the molecule is COc1ccc(C(C)(F)CC2CCCCN2)c(F)c1. The maximum absolute atomic E-state index is 14.8. The molecule has 1 N–H and O–H groups in total. The van der Waals surface area contributed by atoms with Crippen molar-refractivity contribution in [3.8, 4) is 5.75 Å². The van der Waals surface area contributed by atoms with Gasteiger partial charge in [0.25, 0.3) is 0 Å². The molecule has 4 heteroatoms. The molecule has 1 aliphatic rings. The molecule has 1 aliphatic heterocycles. The van der Waals surface area contributed by atoms with Crippen molar-refractivity contribution in [3.05, 3.63) is 29.6 Å². The molecule has 0 aliphatic carbocycles. The Kier molecular flexibility index (Phi) is 4.40. The van der Waals surface area contributed by atoms with Gasteiger partial charge in [-0.3, -0.25) is 0 Å². The van der Waals surface area contributed by atoms with E-state index in [1.165, 1.54) is 26.2 Å². The Balaban J connectivity index is 2.13. The second-order valence-corrected chi connectivity index (χ2v) is 5.39. The summed E-state index contributed by atoms with van der Waals surface area (Å²) in [6.45, 7) is 2.38. The summed E-state index contributed by atoms with van der Waals surface area (Å²) in [5.41, 5.74) is -1.55. The molecule has 2 atom stereocenters. The van der Waals surface area contributed by atoms with Crippen molar-refractivity contribution in [2.45, 2.75) is 44.3 Å². The van der Waals surface area contributed by atoms with E-state index in [0.29, 0.717) is 12.2 Å². The molecule has 2 rings (SSSR count). The third kappa shape index (κ3) is 3.44. The Morgan fingerprint density at radius 1 is 1.42 bits per heavy atom. The number of rotatable bonds is 4. The van der Waals surface area contributed by atoms with Crippen molar-refractivity contribution in [2.24, 2.45) is 0 Å². The summed E-state index contributed by atoms with van der Waals surface area (Å²) in [6.07, 6.45) is 3.50. The van der Waals surface area contributed by atoms with E-state index in [1.807, 2.05) is 0 Å². The molecular formula is C15H21F2NO. The normalized spacial score (nSPS) is 22.8. The third-order valence-corrected chi connectivity index (χ3v) is 3.78. The quantitative estimate of drug-likeness (QED) is 0.902. The molecule has 0 aromatic heterocycles. The molecule has 1 saturated heterocycles. The minimum atomic E-state index is -1.66. The monoisotopic (exact) mass is 269 g/mol. The second-order valence-electron chi connectivity index (χ2n) is 5.39. The van der Waals surface area contributed by atoms with E-state index in [1.54, 1.807) is 6.07 Å². The lowest BCUT2D eigenvalue weighted by Gasteiger charge is -2.30. The summed E-state index contributed by atoms with van der Waals surface area (Å²) < 4.78 is 33.7. The molecule has 0 radical (unpaired) electrons. The minimum Gasteiger partial charge on any atom is -0.497 e. The first-order chi connectivity index (χ1) is 9.03. The van der Waals surface area contributed by atoms with E-state index in [9.17, 15) is 8.78 Å². The van der Waals surface area contributed by atoms with Gasteiger partial charge in [0.1, 0.15) is 17.2 Å². The topological polar surface area (TPSA) is 21.3 Å². The standard InChI is InChI=1S/C15H21F2NO/c1-15(17,10-11-5-3-4-8-18-11)13-7-6-12(19-2)9-14(13)16/h6-7,9,11,18H,3-5,8,10H2,1-2H3. The lowest BCUT2D eigenvalue weighted by atomic mass is 9.87. The Bertz CT molecular complexity index is 428. The molecule has 1 aromatic rings. The van der Waals surface area contributed by atoms with Gasteiger partial charge in [0.2, 0.25) is 0 Å². The third-order valence-electron chi connectivity index (χ3n) is 3.78. The van der Waals surface area contributed by atoms with E-state index in [4.69, 9.17) is 4.74 Å². The number of hydrogen-bond acceptors (Lipinski definition) is 2. The zero-order valence-corrected chi connectivity index (χ0v) is 11.5. The molecule has 0 amide bonds. The van der Waals surface area contributed by atoms with Gasteiger partial charge in [0, 0.05) is 24.1 Å². The summed E-state index contributed by atoms with van der Waals surface area (Å²) in [4.78, 5) is 0. The first-order valence-electron chi connectivity index (χ1n) is 6.79. The molecule has 0 spiro atoms. The molecule has 1 fully saturated rings. The average molecular weight is 269 g/mol. The maximum atomic E-state index is 14.8. The minimum absolute atomic E-state index is 0.112. The Morgan fingerprint density at radius 2 is 2.21 bits per heavy atom. The molecule has 2 nitrogen and oxygen atoms in total. The number of alkyl halides is 1. The van der Waals surface area contributed by atoms with Crippen molar-refractivity contribution in [1.29, 1.82) is 0 Å². The highest BCUT2D eigenvalue weighted by Gasteiger charge is 2.33. The van der Waals surface area contributed by atoms with Crippen LogP contribution < -0.4 is 10.1 Å². The van der Waals surface area contributed by atoms with Gasteiger partial charge in [-0.25, -0.2) is 8.78 Å². The predicted molar refractivity (Wildman–Crippen MR) is 71.7 cm³/mol. The summed E-state index contributed by atoms with van der Waals surface area (Å²) in [7, 11) is 1.47. The number of halogens is 2. The summed E-state index contributed by atoms with van der Waals surface area (Å²) in [5.74, 6) is -0.131. The molecule has 1 aromatic carbocycles. The molecule has 19 heavy (non-hydrogen) atoms. The van der Waals surface area contributed by atoms with Crippen LogP contribution in [-0.2, 0) is 5.67 Å². The highest BCUT2D eigenvalue weighted by molar-refractivity contribution is 5.32. The van der Waals surface area contributed by atoms with Gasteiger partial charge in [-0.15, -0.1) is 0 Å². The number of hydrogen-bond donors (Lipinski definition) is 1. The van der Waals surface area contributed by atoms with E-state index >= 15 is 0 Å². The van der Waals surface area contributed by atoms with Crippen LogP contribution in [0, 0.1) is 5.82 Å². The van der Waals surface area contributed by atoms with Crippen LogP contribution in [0.4, 0.5) is 8.78 Å². The lowest BCUT2D eigenvalue weighted by molar-refractivity contribution is 0.141. The average Bonchev–Trinajstić information content (AvgIpc) is 2.38. The fraction of sp³-hybridized carbons (Fsp3) is 0.600. The number of methoxy groups -OCH3 is 1. The number of nitrogens with one attached hydrogen (secondary N) is 1. The van der Waals surface area contributed by atoms with Crippen molar-refractivity contribution < 1.29 is 13.5 Å². The largest absolute Gasteiger partial charge is 0.497 e. The Morgan fingerprint density at radius 3 is 2.79 bits per heavy atom. The van der Waals surface area contributed by atoms with Crippen molar-refractivity contribution in [3.63, 3.8) is 0 Å². The van der Waals surface area contributed by atoms with Gasteiger partial charge in [-0.1, -0.05) is 6.42 Å². The van der Waals surface area contributed by atoms with Crippen LogP contribution in [0.25, 0.3) is 0 Å². The Hall–Kier alpha value is -1.16. The van der Waals surface area contributed by atoms with Crippen LogP contribution in [0.15, 0.2) is 18.2 Å². The van der Waals surface area contributed by atoms with E-state index < -0.39 is 11.5 Å². The fourth-order valence-electron chi connectivity index (χ4n) is 2.72. The van der Waals surface area contributed by atoms with Gasteiger partial charge in [-0.05, 0) is 38.4 Å². The molecule has 1 heterocycles. The first kappa shape index (κ1) is 14.3. The van der Waals surface area contributed by atoms with Crippen molar-refractivity contribution >= 4 is 0 Å². The molecular weight excluding hydrogens is 248 g/mol. The van der Waals surface area contributed by atoms with Crippen LogP contribution in [0.1, 0.15) is 38.2 Å². The number of benzene rings is 1. The smallest absolute Gasteiger partial charge is 0.137 e. The number of ether oxygens (including phenoxy) is 1. The second kappa shape index (κ2) is 5.87. The lowest BCUT2D eigenvalue weighted by Crippen LogP contribution is -2.38. The Labute approximate surface area is 113 Å². The van der Waals surface area contributed by atoms with Gasteiger partial charge in [-0.2, -0.15) is 0 Å². The summed E-state index contributed by atoms with van der Waals surface area (Å²) in [5, 5.41) is 3.30. The fourth-order valence-corrected chi connectivity index (χ4v) is 2.72.